The zero-order valence-electron chi connectivity index (χ0n) is 14.0. The molecular formula is C21H17N3O2. The normalized spacial score (nSPS) is 16.4. The molecule has 1 aliphatic heterocycles. The van der Waals surface area contributed by atoms with Gasteiger partial charge in [0.15, 0.2) is 0 Å². The second-order valence-electron chi connectivity index (χ2n) is 6.08. The number of hydrogen-bond donors (Lipinski definition) is 1. The highest BCUT2D eigenvalue weighted by molar-refractivity contribution is 6.05. The zero-order valence-corrected chi connectivity index (χ0v) is 14.0. The number of nitrogens with zero attached hydrogens (tertiary/aromatic N) is 3. The molecule has 4 rings (SSSR count). The SMILES string of the molecule is O=C(c1ccccc1)N1N=C(c2ccncc2)CC1c1ccccc1O. The van der Waals surface area contributed by atoms with Gasteiger partial charge < -0.3 is 5.11 Å². The standard InChI is InChI=1S/C21H17N3O2/c25-20-9-5-4-8-17(20)19-14-18(15-10-12-22-13-11-15)23-24(19)21(26)16-6-2-1-3-7-16/h1-13,19,25H,14H2. The van der Waals surface area contributed by atoms with Crippen LogP contribution in [0.4, 0.5) is 0 Å². The van der Waals surface area contributed by atoms with E-state index in [4.69, 9.17) is 0 Å². The molecule has 1 N–H and O–H groups in total. The Kier molecular flexibility index (Phi) is 4.19. The summed E-state index contributed by atoms with van der Waals surface area (Å²) in [5, 5.41) is 16.4. The summed E-state index contributed by atoms with van der Waals surface area (Å²) in [7, 11) is 0. The number of rotatable bonds is 3. The Bertz CT molecular complexity index is 955. The Balaban J connectivity index is 1.76. The summed E-state index contributed by atoms with van der Waals surface area (Å²) in [6.45, 7) is 0. The maximum absolute atomic E-state index is 13.0. The van der Waals surface area contributed by atoms with Gasteiger partial charge in [-0.25, -0.2) is 5.01 Å². The van der Waals surface area contributed by atoms with Crippen LogP contribution in [0.3, 0.4) is 0 Å². The highest BCUT2D eigenvalue weighted by atomic mass is 16.3. The molecule has 0 radical (unpaired) electrons. The average Bonchev–Trinajstić information content (AvgIpc) is 3.14. The first kappa shape index (κ1) is 16.0. The van der Waals surface area contributed by atoms with Crippen LogP contribution in [0.25, 0.3) is 0 Å². The van der Waals surface area contributed by atoms with Crippen LogP contribution in [0.15, 0.2) is 84.2 Å². The van der Waals surface area contributed by atoms with Gasteiger partial charge in [-0.1, -0.05) is 36.4 Å². The van der Waals surface area contributed by atoms with E-state index in [-0.39, 0.29) is 17.7 Å². The number of hydrogen-bond acceptors (Lipinski definition) is 4. The monoisotopic (exact) mass is 343 g/mol. The van der Waals surface area contributed by atoms with E-state index in [1.54, 1.807) is 36.7 Å². The highest BCUT2D eigenvalue weighted by Crippen LogP contribution is 2.37. The summed E-state index contributed by atoms with van der Waals surface area (Å²) in [6.07, 6.45) is 3.93. The Morgan fingerprint density at radius 3 is 2.38 bits per heavy atom. The molecule has 128 valence electrons. The fourth-order valence-corrected chi connectivity index (χ4v) is 3.14. The van der Waals surface area contributed by atoms with Crippen molar-refractivity contribution < 1.29 is 9.90 Å². The first-order valence-electron chi connectivity index (χ1n) is 8.38. The van der Waals surface area contributed by atoms with Crippen LogP contribution in [-0.2, 0) is 0 Å². The lowest BCUT2D eigenvalue weighted by atomic mass is 9.98. The Morgan fingerprint density at radius 2 is 1.65 bits per heavy atom. The summed E-state index contributed by atoms with van der Waals surface area (Å²) < 4.78 is 0. The van der Waals surface area contributed by atoms with Crippen molar-refractivity contribution in [2.75, 3.05) is 0 Å². The summed E-state index contributed by atoms with van der Waals surface area (Å²) in [5.74, 6) is -0.0301. The predicted molar refractivity (Wildman–Crippen MR) is 98.9 cm³/mol. The average molecular weight is 343 g/mol. The number of pyridine rings is 1. The molecule has 0 saturated heterocycles. The van der Waals surface area contributed by atoms with Crippen molar-refractivity contribution in [2.45, 2.75) is 12.5 Å². The van der Waals surface area contributed by atoms with Crippen molar-refractivity contribution in [2.24, 2.45) is 5.10 Å². The number of benzene rings is 2. The van der Waals surface area contributed by atoms with Gasteiger partial charge in [-0.05, 0) is 30.3 Å². The van der Waals surface area contributed by atoms with Crippen LogP contribution in [-0.4, -0.2) is 26.7 Å². The van der Waals surface area contributed by atoms with Crippen molar-refractivity contribution in [1.82, 2.24) is 9.99 Å². The van der Waals surface area contributed by atoms with Crippen molar-refractivity contribution in [3.63, 3.8) is 0 Å². The molecule has 1 atom stereocenters. The van der Waals surface area contributed by atoms with Gasteiger partial charge in [0.25, 0.3) is 5.91 Å². The Hall–Kier alpha value is -3.47. The third-order valence-electron chi connectivity index (χ3n) is 4.45. The van der Waals surface area contributed by atoms with E-state index in [1.165, 1.54) is 5.01 Å². The van der Waals surface area contributed by atoms with Gasteiger partial charge in [0.1, 0.15) is 5.75 Å². The summed E-state index contributed by atoms with van der Waals surface area (Å²) in [5.41, 5.74) is 2.96. The summed E-state index contributed by atoms with van der Waals surface area (Å²) in [6, 6.07) is 19.5. The van der Waals surface area contributed by atoms with Crippen LogP contribution in [0, 0.1) is 0 Å². The fourth-order valence-electron chi connectivity index (χ4n) is 3.14. The second kappa shape index (κ2) is 6.80. The quantitative estimate of drug-likeness (QED) is 0.787. The lowest BCUT2D eigenvalue weighted by Gasteiger charge is -2.22. The molecule has 1 unspecified atom stereocenters. The molecule has 0 saturated carbocycles. The molecule has 1 amide bonds. The number of para-hydroxylation sites is 1. The smallest absolute Gasteiger partial charge is 0.274 e. The minimum Gasteiger partial charge on any atom is -0.508 e. The third-order valence-corrected chi connectivity index (χ3v) is 4.45. The van der Waals surface area contributed by atoms with Crippen molar-refractivity contribution in [1.29, 1.82) is 0 Å². The lowest BCUT2D eigenvalue weighted by Crippen LogP contribution is -2.27. The Labute approximate surface area is 151 Å². The third kappa shape index (κ3) is 2.95. The van der Waals surface area contributed by atoms with Gasteiger partial charge in [0, 0.05) is 35.5 Å². The maximum Gasteiger partial charge on any atom is 0.274 e. The zero-order chi connectivity index (χ0) is 17.9. The fraction of sp³-hybridized carbons (Fsp3) is 0.0952. The number of hydrazone groups is 1. The van der Waals surface area contributed by atoms with Gasteiger partial charge in [0.2, 0.25) is 0 Å². The molecule has 1 aromatic heterocycles. The molecule has 5 nitrogen and oxygen atoms in total. The van der Waals surface area contributed by atoms with Gasteiger partial charge in [-0.15, -0.1) is 0 Å². The number of carbonyl (C=O) groups excluding carboxylic acids is 1. The van der Waals surface area contributed by atoms with Crippen LogP contribution in [0.2, 0.25) is 0 Å². The topological polar surface area (TPSA) is 65.8 Å². The highest BCUT2D eigenvalue weighted by Gasteiger charge is 2.34. The maximum atomic E-state index is 13.0. The number of phenols is 1. The minimum absolute atomic E-state index is 0.162. The molecule has 3 aromatic rings. The molecule has 26 heavy (non-hydrogen) atoms. The molecule has 2 heterocycles. The van der Waals surface area contributed by atoms with E-state index < -0.39 is 0 Å². The van der Waals surface area contributed by atoms with Crippen molar-refractivity contribution in [3.8, 4) is 5.75 Å². The summed E-state index contributed by atoms with van der Waals surface area (Å²) >= 11 is 0. The molecule has 0 spiro atoms. The number of aromatic hydroxyl groups is 1. The van der Waals surface area contributed by atoms with Gasteiger partial charge >= 0.3 is 0 Å². The summed E-state index contributed by atoms with van der Waals surface area (Å²) in [4.78, 5) is 17.1. The van der Waals surface area contributed by atoms with Gasteiger partial charge in [0.05, 0.1) is 11.8 Å². The largest absolute Gasteiger partial charge is 0.508 e. The molecule has 2 aromatic carbocycles. The molecule has 5 heteroatoms. The van der Waals surface area contributed by atoms with E-state index in [0.717, 1.165) is 11.3 Å². The number of carbonyl (C=O) groups is 1. The van der Waals surface area contributed by atoms with Crippen LogP contribution >= 0.6 is 0 Å². The number of aromatic nitrogens is 1. The number of phenolic OH excluding ortho intramolecular Hbond substituents is 1. The lowest BCUT2D eigenvalue weighted by molar-refractivity contribution is 0.0709. The second-order valence-corrected chi connectivity index (χ2v) is 6.08. The van der Waals surface area contributed by atoms with E-state index in [9.17, 15) is 9.90 Å². The van der Waals surface area contributed by atoms with Gasteiger partial charge in [-0.2, -0.15) is 5.10 Å². The molecule has 1 aliphatic rings. The van der Waals surface area contributed by atoms with Crippen LogP contribution < -0.4 is 0 Å². The van der Waals surface area contributed by atoms with Crippen molar-refractivity contribution in [3.05, 3.63) is 95.8 Å². The number of amides is 1. The Morgan fingerprint density at radius 1 is 0.962 bits per heavy atom. The molecule has 0 fully saturated rings. The van der Waals surface area contributed by atoms with E-state index in [0.29, 0.717) is 17.5 Å². The first-order valence-corrected chi connectivity index (χ1v) is 8.38. The van der Waals surface area contributed by atoms with E-state index in [2.05, 4.69) is 10.1 Å². The van der Waals surface area contributed by atoms with Crippen LogP contribution in [0.5, 0.6) is 5.75 Å². The molecule has 0 bridgehead atoms. The van der Waals surface area contributed by atoms with E-state index >= 15 is 0 Å². The van der Waals surface area contributed by atoms with E-state index in [1.807, 2.05) is 42.5 Å². The van der Waals surface area contributed by atoms with Crippen molar-refractivity contribution >= 4 is 11.6 Å². The van der Waals surface area contributed by atoms with Crippen LogP contribution in [0.1, 0.15) is 33.9 Å². The molecular weight excluding hydrogens is 326 g/mol. The van der Waals surface area contributed by atoms with Gasteiger partial charge in [-0.3, -0.25) is 9.78 Å². The minimum atomic E-state index is -0.355. The molecule has 0 aliphatic carbocycles. The predicted octanol–water partition coefficient (Wildman–Crippen LogP) is 3.78. The first-order chi connectivity index (χ1) is 12.7.